The Labute approximate surface area is 863 Å². The average molecular weight is 2120 g/mol. The lowest BCUT2D eigenvalue weighted by Gasteiger charge is -2.41. The number of fused-ring (bicyclic) bond motifs is 14. The van der Waals surface area contributed by atoms with Gasteiger partial charge in [-0.1, -0.05) is 99.5 Å². The van der Waals surface area contributed by atoms with Gasteiger partial charge in [-0.2, -0.15) is 0 Å². The summed E-state index contributed by atoms with van der Waals surface area (Å²) in [6, 6.07) is 7.78. The number of aliphatic carboxylic acids is 1. The molecule has 798 valence electrons. The van der Waals surface area contributed by atoms with Crippen LogP contribution in [0.5, 0.6) is 69.0 Å². The van der Waals surface area contributed by atoms with E-state index in [0.29, 0.717) is 76.6 Å². The lowest BCUT2D eigenvalue weighted by molar-refractivity contribution is -0.302. The van der Waals surface area contributed by atoms with Crippen molar-refractivity contribution in [2.45, 2.75) is 227 Å². The van der Waals surface area contributed by atoms with Crippen molar-refractivity contribution in [3.8, 4) is 80.1 Å². The molecule has 0 saturated carbocycles. The number of amides is 8. The van der Waals surface area contributed by atoms with E-state index in [4.69, 9.17) is 75.5 Å². The molecule has 19 N–H and O–H groups in total. The van der Waals surface area contributed by atoms with Crippen molar-refractivity contribution < 1.29 is 147 Å². The summed E-state index contributed by atoms with van der Waals surface area (Å²) in [4.78, 5) is 154. The second-order valence-corrected chi connectivity index (χ2v) is 42.3. The van der Waals surface area contributed by atoms with Crippen LogP contribution in [0.2, 0.25) is 10.0 Å². The van der Waals surface area contributed by atoms with Gasteiger partial charge in [-0.25, -0.2) is 4.79 Å². The predicted octanol–water partition coefficient (Wildman–Crippen LogP) is 5.26. The number of ether oxygens (including phenoxy) is 8. The Bertz CT molecular complexity index is 5970. The number of hydrogen-bond acceptors (Lipinski definition) is 35. The third-order valence-corrected chi connectivity index (χ3v) is 31.8. The average Bonchev–Trinajstić information content (AvgIpc) is 1.51. The van der Waals surface area contributed by atoms with Crippen LogP contribution in [0.25, 0.3) is 11.1 Å². The van der Waals surface area contributed by atoms with Gasteiger partial charge in [0.2, 0.25) is 71.3 Å². The molecule has 148 heavy (non-hydrogen) atoms. The van der Waals surface area contributed by atoms with Crippen LogP contribution < -0.4 is 81.2 Å². The highest BCUT2D eigenvalue weighted by Crippen LogP contribution is 2.71. The van der Waals surface area contributed by atoms with E-state index in [0.717, 1.165) is 127 Å². The molecule has 0 aromatic heterocycles. The SMILES string of the molecule is CC(=O)[O-].CN[C@@H]1C(=O)N[C@@H]2Cc3ccc(cc3)Oc3cc4cc(c3O[C@@H]3O[C@H](C(=O)OC)[C@@H](O)[C@H](O)[C@H]3NC(=O)CCCCCCCC(C)C)Oc3ccc(cc3Cl)[C@@H](O)[C@@H]3NC(=O)[C@H](NC(=O)[C@@H]4NC(=O)[C@@H](NC2=O)c2cc(cc(O[P+](N4CCCC4)(N4CCCC4)N4CCCC4)c2Cl)Oc2cc1ccc2O)c1ccc(O)c(c1)-c1c(O[C@H]2O[C@H](CO)[C@@H](O)[C@H](O)[C@@H]2O)cc(O)cc1[C@@H](C(=O)NCCCN(C)C)NC3=O. The van der Waals surface area contributed by atoms with Gasteiger partial charge in [-0.05, 0) is 198 Å². The molecule has 0 spiro atoms. The fourth-order valence-electron chi connectivity index (χ4n) is 19.6. The van der Waals surface area contributed by atoms with Gasteiger partial charge in [0.15, 0.2) is 29.1 Å². The summed E-state index contributed by atoms with van der Waals surface area (Å²) < 4.78 is 66.1. The number of hydrogen-bond donors (Lipinski definition) is 19. The first-order valence-electron chi connectivity index (χ1n) is 49.5. The van der Waals surface area contributed by atoms with E-state index in [1.807, 2.05) is 4.90 Å². The van der Waals surface area contributed by atoms with Crippen molar-refractivity contribution in [2.24, 2.45) is 5.92 Å². The minimum Gasteiger partial charge on any atom is -0.550 e. The molecule has 7 aromatic rings. The number of aliphatic hydroxyl groups is 7. The maximum absolute atomic E-state index is 17.4. The fraction of sp³-hybridized carbons (Fsp3) is 0.490. The number of esters is 1. The van der Waals surface area contributed by atoms with Gasteiger partial charge in [0, 0.05) is 93.4 Å². The molecule has 0 radical (unpaired) electrons. The Kier molecular flexibility index (Phi) is 36.2. The van der Waals surface area contributed by atoms with Crippen LogP contribution in [0.4, 0.5) is 0 Å². The van der Waals surface area contributed by atoms with Crippen molar-refractivity contribution in [1.82, 2.24) is 66.8 Å². The third-order valence-electron chi connectivity index (χ3n) is 27.2. The van der Waals surface area contributed by atoms with Crippen molar-refractivity contribution in [2.75, 3.05) is 87.2 Å². The number of aromatic hydroxyl groups is 3. The lowest BCUT2D eigenvalue weighted by Crippen LogP contribution is -2.66. The van der Waals surface area contributed by atoms with Gasteiger partial charge >= 0.3 is 13.9 Å². The topological polar surface area (TPSA) is 600 Å². The Morgan fingerprint density at radius 3 is 1.81 bits per heavy atom. The molecule has 11 aliphatic heterocycles. The number of phenolic OH excluding ortho intramolecular Hbond substituents is 3. The van der Waals surface area contributed by atoms with Crippen LogP contribution in [-0.4, -0.2) is 290 Å². The normalized spacial score (nSPS) is 25.9. The number of carbonyl (C=O) groups is 10. The minimum absolute atomic E-state index is 0.0710. The molecule has 11 aliphatic rings. The molecule has 8 amide bonds. The largest absolute Gasteiger partial charge is 0.550 e. The van der Waals surface area contributed by atoms with Crippen molar-refractivity contribution >= 4 is 90.3 Å². The Hall–Kier alpha value is -12.1. The molecule has 0 unspecified atom stereocenters. The van der Waals surface area contributed by atoms with E-state index in [1.54, 1.807) is 14.1 Å². The number of nitrogens with zero attached hydrogens (tertiary/aromatic N) is 4. The van der Waals surface area contributed by atoms with E-state index in [9.17, 15) is 60.7 Å². The molecular weight excluding hydrogens is 1990 g/mol. The highest BCUT2D eigenvalue weighted by atomic mass is 35.5. The number of unbranched alkanes of at least 4 members (excludes halogenated alkanes) is 4. The summed E-state index contributed by atoms with van der Waals surface area (Å²) in [6.45, 7) is 8.30. The van der Waals surface area contributed by atoms with Crippen LogP contribution in [0.15, 0.2) is 115 Å². The first-order chi connectivity index (χ1) is 70.8. The molecule has 0 aliphatic carbocycles. The summed E-state index contributed by atoms with van der Waals surface area (Å²) >= 11 is 15.5. The van der Waals surface area contributed by atoms with Crippen LogP contribution in [0, 0.1) is 5.92 Å². The first kappa shape index (κ1) is 110. The number of carbonyl (C=O) groups excluding carboxylic acids is 10. The van der Waals surface area contributed by atoms with Gasteiger partial charge in [-0.3, -0.25) is 42.9 Å². The van der Waals surface area contributed by atoms with Crippen molar-refractivity contribution in [3.63, 3.8) is 0 Å². The van der Waals surface area contributed by atoms with Gasteiger partial charge < -0.3 is 152 Å². The van der Waals surface area contributed by atoms with Crippen LogP contribution >= 0.6 is 31.1 Å². The Morgan fingerprint density at radius 1 is 0.568 bits per heavy atom. The number of carboxylic acid groups (broad SMARTS) is 1. The maximum Gasteiger partial charge on any atom is 0.417 e. The van der Waals surface area contributed by atoms with Crippen LogP contribution in [0.1, 0.15) is 186 Å². The number of carboxylic acids is 1. The first-order valence-corrected chi connectivity index (χ1v) is 51.8. The molecule has 18 atom stereocenters. The van der Waals surface area contributed by atoms with Crippen molar-refractivity contribution in [1.29, 1.82) is 0 Å². The van der Waals surface area contributed by atoms with Crippen LogP contribution in [-0.2, 0) is 68.6 Å². The summed E-state index contributed by atoms with van der Waals surface area (Å²) in [6.07, 6.45) is -11.3. The van der Waals surface area contributed by atoms with Gasteiger partial charge in [0.25, 0.3) is 0 Å². The summed E-state index contributed by atoms with van der Waals surface area (Å²) in [7, 11) is 2.83. The molecule has 46 heteroatoms. The number of aliphatic hydroxyl groups excluding tert-OH is 7. The second kappa shape index (κ2) is 48.7. The van der Waals surface area contributed by atoms with E-state index in [-0.39, 0.29) is 75.4 Å². The number of rotatable bonds is 26. The summed E-state index contributed by atoms with van der Waals surface area (Å²) in [5.74, 6) is -16.1. The Balaban J connectivity index is 0.00000403. The molecule has 43 nitrogen and oxygen atoms in total. The Morgan fingerprint density at radius 2 is 1.17 bits per heavy atom. The number of halogens is 2. The number of benzene rings is 7. The number of methoxy groups -OCH3 is 1. The van der Waals surface area contributed by atoms with Gasteiger partial charge in [-0.15, -0.1) is 14.0 Å². The third kappa shape index (κ3) is 24.9. The molecule has 5 saturated heterocycles. The van der Waals surface area contributed by atoms with E-state index in [1.165, 1.54) is 73.8 Å². The zero-order chi connectivity index (χ0) is 106. The molecule has 17 bridgehead atoms. The van der Waals surface area contributed by atoms with E-state index < -0.39 is 251 Å². The lowest BCUT2D eigenvalue weighted by atomic mass is 9.89. The van der Waals surface area contributed by atoms with Gasteiger partial charge in [0.1, 0.15) is 126 Å². The molecule has 11 heterocycles. The number of likely N-dealkylation sites (N-methyl/N-ethyl adjacent to an activating group) is 1. The maximum atomic E-state index is 17.4. The highest BCUT2D eigenvalue weighted by molar-refractivity contribution is 7.64. The van der Waals surface area contributed by atoms with E-state index >= 15 is 33.6 Å². The highest BCUT2D eigenvalue weighted by Gasteiger charge is 2.63. The number of nitrogens with one attached hydrogen (secondary N) is 9. The summed E-state index contributed by atoms with van der Waals surface area (Å²) in [5, 5.41) is 152. The quantitative estimate of drug-likeness (QED) is 0.0187. The standard InChI is InChI=1S/C100H122Cl2N13O28P.C2H4O2/c1-50(2)19-10-8-7-9-11-20-73(120)106-82-85(123)87(125)90(98(134)135-6)142-99(82)141-89-70-43-55-44-71(89)138-66-30-25-54(41-62(66)101)83(121)81-97(133)110-79(92(128)104-31-18-32-112(4)5)60-45-56(117)46-68(139-100-88(126)86(124)84(122)72(49-116)140-100)74(60)59-40-52(23-28-64(59)118)77(94(130)111-81)107-95(131)78(55)108-96(132)80-61-47-58(48-69(75(61)102)143-144(113-33-12-13-34-113,114-35-14-15-36-114)115-37-16-17-38-115)137-67-42-53(24-29-65(67)119)76(103-3)93(129)105-63(91(127)109-80)39-51-21-26-57(136-70)27-22-51;1-2(3)4/h21-30,40-48,50,63,72,76-88,90,99-100,103,116,121-126H,7-20,31-39,49H2,1-6H3,(H10-,104,105,106,107,108,109,110,111,117,118,119,120,127,128,129,130,131,132,133);1H3,(H,3,4)/t63-,72-,76+,77-,78-,79+,80+,81+,82-,83-,84-,85-,86+,87+,88+,90+,99-,100+;/m1./s1. The molecular formula is C102H126Cl2N13O30P. The summed E-state index contributed by atoms with van der Waals surface area (Å²) in [5.41, 5.74) is -2.16. The van der Waals surface area contributed by atoms with Crippen LogP contribution in [0.3, 0.4) is 0 Å². The molecule has 5 fully saturated rings. The molecule has 7 aromatic carbocycles. The van der Waals surface area contributed by atoms with E-state index in [2.05, 4.69) is 75.7 Å². The minimum atomic E-state index is -3.21. The number of phenols is 3. The molecule has 18 rings (SSSR count). The second-order valence-electron chi connectivity index (χ2n) is 38.6. The predicted molar refractivity (Wildman–Crippen MR) is 531 cm³/mol. The smallest absolute Gasteiger partial charge is 0.417 e. The monoisotopic (exact) mass is 2110 g/mol. The van der Waals surface area contributed by atoms with Crippen molar-refractivity contribution in [3.05, 3.63) is 164 Å². The zero-order valence-electron chi connectivity index (χ0n) is 82.5. The fourth-order valence-corrected chi connectivity index (χ4v) is 24.4. The van der Waals surface area contributed by atoms with Gasteiger partial charge in [0.05, 0.1) is 23.8 Å². The zero-order valence-corrected chi connectivity index (χ0v) is 84.9.